The van der Waals surface area contributed by atoms with Crippen LogP contribution in [0, 0.1) is 5.82 Å². The van der Waals surface area contributed by atoms with E-state index in [-0.39, 0.29) is 4.90 Å². The van der Waals surface area contributed by atoms with Crippen molar-refractivity contribution in [3.05, 3.63) is 60.7 Å². The van der Waals surface area contributed by atoms with Crippen LogP contribution in [0.15, 0.2) is 69.8 Å². The Labute approximate surface area is 142 Å². The average Bonchev–Trinajstić information content (AvgIpc) is 2.94. The SMILES string of the molecule is Cn1cnnc1Sc1ccc(NS(=O)(=O)c2ccc(F)cc2)cc1. The minimum absolute atomic E-state index is 0.00133. The van der Waals surface area contributed by atoms with Crippen LogP contribution in [0.2, 0.25) is 0 Å². The highest BCUT2D eigenvalue weighted by Crippen LogP contribution is 2.27. The third-order valence-electron chi connectivity index (χ3n) is 3.11. The zero-order valence-corrected chi connectivity index (χ0v) is 14.2. The topological polar surface area (TPSA) is 76.9 Å². The molecule has 0 radical (unpaired) electrons. The van der Waals surface area contributed by atoms with E-state index in [2.05, 4.69) is 14.9 Å². The predicted octanol–water partition coefficient (Wildman–Crippen LogP) is 2.91. The number of anilines is 1. The zero-order chi connectivity index (χ0) is 17.2. The van der Waals surface area contributed by atoms with Crippen LogP contribution in [0.5, 0.6) is 0 Å². The fraction of sp³-hybridized carbons (Fsp3) is 0.0667. The number of nitrogens with one attached hydrogen (secondary N) is 1. The summed E-state index contributed by atoms with van der Waals surface area (Å²) in [7, 11) is -1.91. The highest BCUT2D eigenvalue weighted by Gasteiger charge is 2.14. The fourth-order valence-corrected chi connectivity index (χ4v) is 3.71. The maximum atomic E-state index is 12.9. The number of sulfonamides is 1. The number of nitrogens with zero attached hydrogens (tertiary/aromatic N) is 3. The summed E-state index contributed by atoms with van der Waals surface area (Å²) in [6, 6.07) is 11.5. The second kappa shape index (κ2) is 6.62. The molecule has 0 aliphatic carbocycles. The number of aryl methyl sites for hydroxylation is 1. The summed E-state index contributed by atoms with van der Waals surface area (Å²) in [6.07, 6.45) is 1.60. The average molecular weight is 364 g/mol. The van der Waals surface area contributed by atoms with Crippen LogP contribution in [0.3, 0.4) is 0 Å². The summed E-state index contributed by atoms with van der Waals surface area (Å²) in [6.45, 7) is 0. The monoisotopic (exact) mass is 364 g/mol. The molecule has 0 spiro atoms. The molecule has 3 rings (SSSR count). The van der Waals surface area contributed by atoms with Gasteiger partial charge in [0.25, 0.3) is 10.0 Å². The lowest BCUT2D eigenvalue weighted by atomic mass is 10.3. The van der Waals surface area contributed by atoms with E-state index >= 15 is 0 Å². The first-order valence-electron chi connectivity index (χ1n) is 6.84. The second-order valence-electron chi connectivity index (χ2n) is 4.91. The molecule has 0 atom stereocenters. The van der Waals surface area contributed by atoms with Crippen molar-refractivity contribution in [2.24, 2.45) is 7.05 Å². The standard InChI is InChI=1S/C15H13FN4O2S2/c1-20-10-17-18-15(20)23-13-6-4-12(5-7-13)19-24(21,22)14-8-2-11(16)3-9-14/h2-10,19H,1H3. The third-order valence-corrected chi connectivity index (χ3v) is 5.57. The van der Waals surface area contributed by atoms with Crippen LogP contribution in [-0.4, -0.2) is 23.2 Å². The van der Waals surface area contributed by atoms with Gasteiger partial charge in [0.1, 0.15) is 12.1 Å². The summed E-state index contributed by atoms with van der Waals surface area (Å²) in [5, 5.41) is 8.50. The van der Waals surface area contributed by atoms with Crippen molar-refractivity contribution in [3.8, 4) is 0 Å². The van der Waals surface area contributed by atoms with E-state index in [0.29, 0.717) is 5.69 Å². The molecule has 1 heterocycles. The largest absolute Gasteiger partial charge is 0.311 e. The molecule has 0 saturated carbocycles. The molecule has 1 aromatic heterocycles. The molecule has 0 amide bonds. The molecule has 6 nitrogen and oxygen atoms in total. The Morgan fingerprint density at radius 3 is 2.33 bits per heavy atom. The summed E-state index contributed by atoms with van der Waals surface area (Å²) >= 11 is 1.42. The minimum Gasteiger partial charge on any atom is -0.311 e. The van der Waals surface area contributed by atoms with Gasteiger partial charge in [0.15, 0.2) is 5.16 Å². The second-order valence-corrected chi connectivity index (χ2v) is 7.63. The van der Waals surface area contributed by atoms with Crippen molar-refractivity contribution >= 4 is 27.5 Å². The van der Waals surface area contributed by atoms with Gasteiger partial charge in [0.2, 0.25) is 0 Å². The maximum absolute atomic E-state index is 12.9. The Hall–Kier alpha value is -2.39. The van der Waals surface area contributed by atoms with Gasteiger partial charge in [-0.3, -0.25) is 4.72 Å². The summed E-state index contributed by atoms with van der Waals surface area (Å²) in [5.74, 6) is -0.487. The number of hydrogen-bond acceptors (Lipinski definition) is 5. The van der Waals surface area contributed by atoms with E-state index in [9.17, 15) is 12.8 Å². The van der Waals surface area contributed by atoms with E-state index < -0.39 is 15.8 Å². The Morgan fingerprint density at radius 1 is 1.08 bits per heavy atom. The van der Waals surface area contributed by atoms with Gasteiger partial charge in [-0.15, -0.1) is 10.2 Å². The van der Waals surface area contributed by atoms with Gasteiger partial charge < -0.3 is 4.57 Å². The number of halogens is 1. The van der Waals surface area contributed by atoms with Crippen LogP contribution in [0.1, 0.15) is 0 Å². The lowest BCUT2D eigenvalue weighted by Gasteiger charge is -2.08. The zero-order valence-electron chi connectivity index (χ0n) is 12.5. The Morgan fingerprint density at radius 2 is 1.75 bits per heavy atom. The minimum atomic E-state index is -3.75. The first-order chi connectivity index (χ1) is 11.4. The Bertz CT molecular complexity index is 938. The molecule has 0 saturated heterocycles. The third kappa shape index (κ3) is 3.74. The molecular weight excluding hydrogens is 351 g/mol. The maximum Gasteiger partial charge on any atom is 0.261 e. The van der Waals surface area contributed by atoms with Crippen molar-refractivity contribution in [2.75, 3.05) is 4.72 Å². The normalized spacial score (nSPS) is 11.4. The molecule has 2 aromatic carbocycles. The van der Waals surface area contributed by atoms with E-state index in [0.717, 1.165) is 22.2 Å². The molecule has 24 heavy (non-hydrogen) atoms. The number of hydrogen-bond donors (Lipinski definition) is 1. The van der Waals surface area contributed by atoms with E-state index in [1.54, 1.807) is 35.2 Å². The lowest BCUT2D eigenvalue weighted by molar-refractivity contribution is 0.599. The van der Waals surface area contributed by atoms with Gasteiger partial charge in [-0.2, -0.15) is 0 Å². The van der Waals surface area contributed by atoms with Gasteiger partial charge in [0, 0.05) is 17.6 Å². The quantitative estimate of drug-likeness (QED) is 0.753. The smallest absolute Gasteiger partial charge is 0.261 e. The molecule has 9 heteroatoms. The van der Waals surface area contributed by atoms with E-state index in [1.165, 1.54) is 23.9 Å². The molecule has 0 bridgehead atoms. The first-order valence-corrected chi connectivity index (χ1v) is 9.14. The molecule has 0 aliphatic rings. The molecule has 1 N–H and O–H groups in total. The molecule has 0 aliphatic heterocycles. The van der Waals surface area contributed by atoms with Crippen molar-refractivity contribution in [1.29, 1.82) is 0 Å². The summed E-state index contributed by atoms with van der Waals surface area (Å²) < 4.78 is 41.6. The van der Waals surface area contributed by atoms with Gasteiger partial charge in [-0.05, 0) is 60.3 Å². The van der Waals surface area contributed by atoms with Crippen molar-refractivity contribution < 1.29 is 12.8 Å². The lowest BCUT2D eigenvalue weighted by Crippen LogP contribution is -2.12. The van der Waals surface area contributed by atoms with Crippen molar-refractivity contribution in [2.45, 2.75) is 14.9 Å². The fourth-order valence-electron chi connectivity index (χ4n) is 1.89. The van der Waals surface area contributed by atoms with E-state index in [4.69, 9.17) is 0 Å². The number of aromatic nitrogens is 3. The van der Waals surface area contributed by atoms with E-state index in [1.807, 2.05) is 7.05 Å². The van der Waals surface area contributed by atoms with Gasteiger partial charge in [0.05, 0.1) is 4.90 Å². The highest BCUT2D eigenvalue weighted by atomic mass is 32.2. The first kappa shape index (κ1) is 16.5. The van der Waals surface area contributed by atoms with Crippen LogP contribution >= 0.6 is 11.8 Å². The van der Waals surface area contributed by atoms with Gasteiger partial charge in [-0.25, -0.2) is 12.8 Å². The summed E-state index contributed by atoms with van der Waals surface area (Å²) in [4.78, 5) is 0.900. The van der Waals surface area contributed by atoms with Crippen LogP contribution in [0.4, 0.5) is 10.1 Å². The van der Waals surface area contributed by atoms with Gasteiger partial charge >= 0.3 is 0 Å². The number of rotatable bonds is 5. The van der Waals surface area contributed by atoms with Crippen molar-refractivity contribution in [3.63, 3.8) is 0 Å². The highest BCUT2D eigenvalue weighted by molar-refractivity contribution is 7.99. The van der Waals surface area contributed by atoms with Crippen molar-refractivity contribution in [1.82, 2.24) is 14.8 Å². The molecule has 0 unspecified atom stereocenters. The van der Waals surface area contributed by atoms with Crippen LogP contribution in [0.25, 0.3) is 0 Å². The molecule has 124 valence electrons. The van der Waals surface area contributed by atoms with Crippen LogP contribution < -0.4 is 4.72 Å². The molecular formula is C15H13FN4O2S2. The predicted molar refractivity (Wildman–Crippen MR) is 88.8 cm³/mol. The van der Waals surface area contributed by atoms with Gasteiger partial charge in [-0.1, -0.05) is 0 Å². The summed E-state index contributed by atoms with van der Waals surface area (Å²) in [5.41, 5.74) is 0.418. The number of benzene rings is 2. The Kier molecular flexibility index (Phi) is 4.54. The molecule has 0 fully saturated rings. The Balaban J connectivity index is 1.74. The van der Waals surface area contributed by atoms with Crippen LogP contribution in [-0.2, 0) is 17.1 Å². The molecule has 3 aromatic rings.